The Hall–Kier alpha value is -0.910. The highest BCUT2D eigenvalue weighted by Crippen LogP contribution is 2.31. The minimum atomic E-state index is -4.35. The van der Waals surface area contributed by atoms with Gasteiger partial charge in [-0.3, -0.25) is 4.98 Å². The van der Waals surface area contributed by atoms with E-state index in [0.29, 0.717) is 5.69 Å². The van der Waals surface area contributed by atoms with Gasteiger partial charge < -0.3 is 5.32 Å². The maximum absolute atomic E-state index is 12.3. The molecule has 6 heteroatoms. The van der Waals surface area contributed by atoms with Gasteiger partial charge in [0, 0.05) is 18.4 Å². The summed E-state index contributed by atoms with van der Waals surface area (Å²) in [6, 6.07) is 1.08. The number of fused-ring (bicyclic) bond motifs is 1. The molecule has 0 spiro atoms. The van der Waals surface area contributed by atoms with Gasteiger partial charge >= 0.3 is 6.18 Å². The van der Waals surface area contributed by atoms with Crippen molar-refractivity contribution in [2.45, 2.75) is 19.0 Å². The molecule has 0 aromatic carbocycles. The van der Waals surface area contributed by atoms with E-state index in [0.717, 1.165) is 31.0 Å². The molecule has 0 radical (unpaired) electrons. The van der Waals surface area contributed by atoms with Gasteiger partial charge in [0.05, 0.1) is 0 Å². The van der Waals surface area contributed by atoms with Crippen LogP contribution in [-0.2, 0) is 12.6 Å². The van der Waals surface area contributed by atoms with E-state index in [1.165, 1.54) is 6.20 Å². The Bertz CT molecular complexity index is 366. The van der Waals surface area contributed by atoms with E-state index in [1.807, 2.05) is 12.5 Å². The third kappa shape index (κ3) is 4.11. The molecule has 1 aliphatic rings. The predicted molar refractivity (Wildman–Crippen MR) is 65.5 cm³/mol. The van der Waals surface area contributed by atoms with Crippen LogP contribution in [0.15, 0.2) is 12.3 Å². The normalized spacial score (nSPS) is 14.2. The molecule has 0 saturated carbocycles. The van der Waals surface area contributed by atoms with Crippen LogP contribution < -0.4 is 5.32 Å². The minimum absolute atomic E-state index is 0.568. The molecule has 1 aromatic heterocycles. The fourth-order valence-electron chi connectivity index (χ4n) is 1.50. The van der Waals surface area contributed by atoms with E-state index in [2.05, 4.69) is 10.3 Å². The van der Waals surface area contributed by atoms with Gasteiger partial charge in [-0.1, -0.05) is 0 Å². The number of aromatic nitrogens is 1. The smallest absolute Gasteiger partial charge is 0.385 e. The summed E-state index contributed by atoms with van der Waals surface area (Å²) in [5.74, 6) is 0. The molecule has 0 atom stereocenters. The number of nitrogens with zero attached hydrogens (tertiary/aromatic N) is 1. The summed E-state index contributed by atoms with van der Waals surface area (Å²) in [5, 5.41) is 2.94. The summed E-state index contributed by atoms with van der Waals surface area (Å²) < 4.78 is 36.8. The van der Waals surface area contributed by atoms with Crippen LogP contribution in [0.5, 0.6) is 0 Å². The zero-order valence-corrected chi connectivity index (χ0v) is 10.6. The van der Waals surface area contributed by atoms with Crippen LogP contribution in [0.3, 0.4) is 0 Å². The maximum Gasteiger partial charge on any atom is 0.433 e. The van der Waals surface area contributed by atoms with Crippen molar-refractivity contribution in [1.29, 1.82) is 0 Å². The van der Waals surface area contributed by atoms with E-state index in [-0.39, 0.29) is 0 Å². The van der Waals surface area contributed by atoms with Crippen molar-refractivity contribution in [3.63, 3.8) is 0 Å². The molecule has 2 heterocycles. The van der Waals surface area contributed by atoms with Crippen LogP contribution in [0.25, 0.3) is 0 Å². The lowest BCUT2D eigenvalue weighted by atomic mass is 10.1. The fourth-order valence-corrected chi connectivity index (χ4v) is 1.50. The second kappa shape index (κ2) is 6.14. The van der Waals surface area contributed by atoms with Crippen LogP contribution in [0.4, 0.5) is 18.9 Å². The lowest BCUT2D eigenvalue weighted by Gasteiger charge is -2.18. The maximum atomic E-state index is 12.3. The highest BCUT2D eigenvalue weighted by molar-refractivity contribution is 7.97. The molecular weight excluding hydrogens is 249 g/mol. The van der Waals surface area contributed by atoms with Crippen molar-refractivity contribution in [2.75, 3.05) is 24.4 Å². The lowest BCUT2D eigenvalue weighted by molar-refractivity contribution is -0.141. The van der Waals surface area contributed by atoms with Gasteiger partial charge in [0.15, 0.2) is 0 Å². The van der Waals surface area contributed by atoms with Crippen molar-refractivity contribution in [3.05, 3.63) is 23.5 Å². The third-order valence-electron chi connectivity index (χ3n) is 2.22. The lowest BCUT2D eigenvalue weighted by Crippen LogP contribution is -2.15. The number of hydrogen-bond donors (Lipinski definition) is 1. The Morgan fingerprint density at radius 2 is 2.00 bits per heavy atom. The Labute approximate surface area is 103 Å². The van der Waals surface area contributed by atoms with Crippen LogP contribution in [0.2, 0.25) is 0 Å². The molecule has 0 unspecified atom stereocenters. The van der Waals surface area contributed by atoms with Gasteiger partial charge in [-0.2, -0.15) is 24.9 Å². The summed E-state index contributed by atoms with van der Waals surface area (Å²) in [5.41, 5.74) is 0.605. The molecule has 1 aliphatic heterocycles. The Morgan fingerprint density at radius 3 is 2.59 bits per heavy atom. The summed E-state index contributed by atoms with van der Waals surface area (Å²) in [6.07, 6.45) is 2.78. The van der Waals surface area contributed by atoms with E-state index >= 15 is 0 Å². The fraction of sp³-hybridized carbons (Fsp3) is 0.545. The molecular formula is C11H15F3N2S. The van der Waals surface area contributed by atoms with Gasteiger partial charge in [0.2, 0.25) is 0 Å². The number of anilines is 1. The predicted octanol–water partition coefficient (Wildman–Crippen LogP) is 3.44. The SMILES string of the molecule is CSC.FC(F)(F)c1cc2c(cn1)CCCN2. The number of pyridine rings is 1. The number of nitrogens with one attached hydrogen (secondary N) is 1. The summed E-state index contributed by atoms with van der Waals surface area (Å²) in [7, 11) is 0. The van der Waals surface area contributed by atoms with Crippen LogP contribution in [-0.4, -0.2) is 24.0 Å². The summed E-state index contributed by atoms with van der Waals surface area (Å²) >= 11 is 1.75. The molecule has 96 valence electrons. The first-order valence-corrected chi connectivity index (χ1v) is 6.82. The topological polar surface area (TPSA) is 24.9 Å². The molecule has 0 fully saturated rings. The Kier molecular flexibility index (Phi) is 5.11. The number of rotatable bonds is 0. The van der Waals surface area contributed by atoms with Gasteiger partial charge in [-0.05, 0) is 37.0 Å². The number of halogens is 3. The first-order chi connectivity index (χ1) is 7.99. The van der Waals surface area contributed by atoms with Crippen molar-refractivity contribution >= 4 is 17.4 Å². The first-order valence-electron chi connectivity index (χ1n) is 5.19. The average Bonchev–Trinajstić information content (AvgIpc) is 2.28. The van der Waals surface area contributed by atoms with Crippen molar-refractivity contribution in [1.82, 2.24) is 4.98 Å². The second-order valence-corrected chi connectivity index (χ2v) is 4.48. The molecule has 0 saturated heterocycles. The molecule has 2 rings (SSSR count). The van der Waals surface area contributed by atoms with Crippen LogP contribution in [0, 0.1) is 0 Å². The van der Waals surface area contributed by atoms with E-state index in [9.17, 15) is 13.2 Å². The Morgan fingerprint density at radius 1 is 1.35 bits per heavy atom. The molecule has 1 N–H and O–H groups in total. The third-order valence-corrected chi connectivity index (χ3v) is 2.22. The van der Waals surface area contributed by atoms with E-state index in [4.69, 9.17) is 0 Å². The minimum Gasteiger partial charge on any atom is -0.385 e. The van der Waals surface area contributed by atoms with Crippen LogP contribution >= 0.6 is 11.8 Å². The van der Waals surface area contributed by atoms with Crippen LogP contribution in [0.1, 0.15) is 17.7 Å². The van der Waals surface area contributed by atoms with Gasteiger partial charge in [0.1, 0.15) is 5.69 Å². The van der Waals surface area contributed by atoms with Gasteiger partial charge in [0.25, 0.3) is 0 Å². The Balaban J connectivity index is 0.000000437. The van der Waals surface area contributed by atoms with Crippen molar-refractivity contribution in [3.8, 4) is 0 Å². The quantitative estimate of drug-likeness (QED) is 0.777. The highest BCUT2D eigenvalue weighted by Gasteiger charge is 2.33. The first kappa shape index (κ1) is 14.2. The zero-order valence-electron chi connectivity index (χ0n) is 9.77. The monoisotopic (exact) mass is 264 g/mol. The molecule has 0 bridgehead atoms. The number of aryl methyl sites for hydroxylation is 1. The molecule has 0 amide bonds. The van der Waals surface area contributed by atoms with Crippen molar-refractivity contribution in [2.24, 2.45) is 0 Å². The van der Waals surface area contributed by atoms with Crippen molar-refractivity contribution < 1.29 is 13.2 Å². The van der Waals surface area contributed by atoms with Gasteiger partial charge in [-0.25, -0.2) is 0 Å². The molecule has 17 heavy (non-hydrogen) atoms. The standard InChI is InChI=1S/C9H9F3N2.C2H6S/c10-9(11,12)8-4-7-6(5-14-8)2-1-3-13-7;1-3-2/h4-5,13H,1-3H2;1-2H3. The number of thioether (sulfide) groups is 1. The molecule has 2 nitrogen and oxygen atoms in total. The zero-order chi connectivity index (χ0) is 12.9. The largest absolute Gasteiger partial charge is 0.433 e. The average molecular weight is 264 g/mol. The second-order valence-electron chi connectivity index (χ2n) is 3.66. The van der Waals surface area contributed by atoms with Gasteiger partial charge in [-0.15, -0.1) is 0 Å². The summed E-state index contributed by atoms with van der Waals surface area (Å²) in [4.78, 5) is 3.40. The summed E-state index contributed by atoms with van der Waals surface area (Å²) in [6.45, 7) is 0.730. The number of hydrogen-bond acceptors (Lipinski definition) is 3. The number of alkyl halides is 3. The molecule has 0 aliphatic carbocycles. The molecule has 1 aromatic rings. The van der Waals surface area contributed by atoms with E-state index in [1.54, 1.807) is 11.8 Å². The van der Waals surface area contributed by atoms with E-state index < -0.39 is 11.9 Å². The highest BCUT2D eigenvalue weighted by atomic mass is 32.2.